The molecule has 3 amide bonds. The molecule has 1 aliphatic heterocycles. The number of furan rings is 1. The summed E-state index contributed by atoms with van der Waals surface area (Å²) in [7, 11) is 0. The molecule has 0 atom stereocenters. The standard InChI is InChI=1S/C25H22N2O5/c28-23(26-10-12-32-19-8-6-16-3-1-4-17(16)13-19)18-7-9-21-22(14-18)25(30)27(24(21)29)15-20-5-2-11-31-20/h2,5-9,11,13-14H,1,3-4,10,12,15H2,(H,26,28). The van der Waals surface area contributed by atoms with Gasteiger partial charge in [-0.3, -0.25) is 19.3 Å². The van der Waals surface area contributed by atoms with Gasteiger partial charge in [-0.15, -0.1) is 0 Å². The fraction of sp³-hybridized carbons (Fsp3) is 0.240. The summed E-state index contributed by atoms with van der Waals surface area (Å²) >= 11 is 0. The smallest absolute Gasteiger partial charge is 0.261 e. The maximum absolute atomic E-state index is 12.7. The first kappa shape index (κ1) is 20.1. The fourth-order valence-corrected chi connectivity index (χ4v) is 4.21. The van der Waals surface area contributed by atoms with E-state index < -0.39 is 11.8 Å². The van der Waals surface area contributed by atoms with Crippen molar-refractivity contribution in [2.45, 2.75) is 25.8 Å². The molecular weight excluding hydrogens is 408 g/mol. The van der Waals surface area contributed by atoms with E-state index in [0.717, 1.165) is 23.5 Å². The van der Waals surface area contributed by atoms with Crippen LogP contribution in [0.1, 0.15) is 54.4 Å². The highest BCUT2D eigenvalue weighted by atomic mass is 16.5. The predicted molar refractivity (Wildman–Crippen MR) is 116 cm³/mol. The largest absolute Gasteiger partial charge is 0.492 e. The summed E-state index contributed by atoms with van der Waals surface area (Å²) in [4.78, 5) is 39.0. The van der Waals surface area contributed by atoms with Crippen molar-refractivity contribution >= 4 is 17.7 Å². The molecule has 1 aliphatic carbocycles. The van der Waals surface area contributed by atoms with E-state index >= 15 is 0 Å². The van der Waals surface area contributed by atoms with Crippen LogP contribution in [0.5, 0.6) is 5.75 Å². The number of amides is 3. The first-order valence-electron chi connectivity index (χ1n) is 10.7. The van der Waals surface area contributed by atoms with Crippen LogP contribution in [0.25, 0.3) is 0 Å². The Morgan fingerprint density at radius 2 is 1.84 bits per heavy atom. The molecular formula is C25H22N2O5. The molecule has 2 aliphatic rings. The number of nitrogens with zero attached hydrogens (tertiary/aromatic N) is 1. The third kappa shape index (κ3) is 3.77. The van der Waals surface area contributed by atoms with Gasteiger partial charge in [0, 0.05) is 5.56 Å². The van der Waals surface area contributed by atoms with E-state index in [1.165, 1.54) is 35.9 Å². The molecule has 5 rings (SSSR count). The lowest BCUT2D eigenvalue weighted by Gasteiger charge is -2.11. The van der Waals surface area contributed by atoms with E-state index in [1.807, 2.05) is 6.07 Å². The number of hydrogen-bond donors (Lipinski definition) is 1. The molecule has 0 saturated carbocycles. The van der Waals surface area contributed by atoms with Crippen molar-refractivity contribution in [2.24, 2.45) is 0 Å². The monoisotopic (exact) mass is 430 g/mol. The second-order valence-corrected chi connectivity index (χ2v) is 7.92. The Hall–Kier alpha value is -3.87. The molecule has 7 nitrogen and oxygen atoms in total. The van der Waals surface area contributed by atoms with Crippen LogP contribution >= 0.6 is 0 Å². The number of benzene rings is 2. The van der Waals surface area contributed by atoms with Gasteiger partial charge in [0.2, 0.25) is 0 Å². The molecule has 7 heteroatoms. The third-order valence-corrected chi connectivity index (χ3v) is 5.85. The minimum atomic E-state index is -0.434. The van der Waals surface area contributed by atoms with Crippen LogP contribution in [0.15, 0.2) is 59.2 Å². The van der Waals surface area contributed by atoms with E-state index in [-0.39, 0.29) is 23.6 Å². The van der Waals surface area contributed by atoms with Gasteiger partial charge in [0.25, 0.3) is 17.7 Å². The molecule has 162 valence electrons. The van der Waals surface area contributed by atoms with Crippen molar-refractivity contribution < 1.29 is 23.5 Å². The first-order chi connectivity index (χ1) is 15.6. The van der Waals surface area contributed by atoms with Crippen molar-refractivity contribution in [3.05, 3.63) is 88.4 Å². The molecule has 32 heavy (non-hydrogen) atoms. The number of ether oxygens (including phenoxy) is 1. The van der Waals surface area contributed by atoms with Crippen molar-refractivity contribution in [3.63, 3.8) is 0 Å². The molecule has 1 aromatic heterocycles. The number of nitrogens with one attached hydrogen (secondary N) is 1. The highest BCUT2D eigenvalue weighted by Crippen LogP contribution is 2.27. The first-order valence-corrected chi connectivity index (χ1v) is 10.7. The van der Waals surface area contributed by atoms with E-state index in [4.69, 9.17) is 9.15 Å². The molecule has 0 unspecified atom stereocenters. The molecule has 0 fully saturated rings. The Labute approximate surface area is 185 Å². The summed E-state index contributed by atoms with van der Waals surface area (Å²) in [6.07, 6.45) is 4.89. The minimum absolute atomic E-state index is 0.0565. The quantitative estimate of drug-likeness (QED) is 0.459. The Kier molecular flexibility index (Phi) is 5.23. The van der Waals surface area contributed by atoms with Gasteiger partial charge < -0.3 is 14.5 Å². The van der Waals surface area contributed by atoms with Crippen LogP contribution in [0.4, 0.5) is 0 Å². The lowest BCUT2D eigenvalue weighted by Crippen LogP contribution is -2.29. The number of carbonyl (C=O) groups excluding carboxylic acids is 3. The van der Waals surface area contributed by atoms with Gasteiger partial charge in [0.15, 0.2) is 0 Å². The second kappa shape index (κ2) is 8.34. The summed E-state index contributed by atoms with van der Waals surface area (Å²) in [5, 5.41) is 2.80. The minimum Gasteiger partial charge on any atom is -0.492 e. The Morgan fingerprint density at radius 3 is 2.69 bits per heavy atom. The average molecular weight is 430 g/mol. The van der Waals surface area contributed by atoms with Crippen molar-refractivity contribution in [1.82, 2.24) is 10.2 Å². The lowest BCUT2D eigenvalue weighted by atomic mass is 10.1. The fourth-order valence-electron chi connectivity index (χ4n) is 4.21. The zero-order valence-electron chi connectivity index (χ0n) is 17.4. The summed E-state index contributed by atoms with van der Waals surface area (Å²) in [5.74, 6) is 0.168. The zero-order chi connectivity index (χ0) is 22.1. The van der Waals surface area contributed by atoms with Gasteiger partial charge in [-0.25, -0.2) is 0 Å². The molecule has 2 heterocycles. The highest BCUT2D eigenvalue weighted by Gasteiger charge is 2.36. The van der Waals surface area contributed by atoms with Crippen molar-refractivity contribution in [1.29, 1.82) is 0 Å². The maximum atomic E-state index is 12.7. The van der Waals surface area contributed by atoms with Crippen LogP contribution < -0.4 is 10.1 Å². The molecule has 2 aromatic carbocycles. The van der Waals surface area contributed by atoms with E-state index in [0.29, 0.717) is 24.5 Å². The maximum Gasteiger partial charge on any atom is 0.261 e. The zero-order valence-corrected chi connectivity index (χ0v) is 17.4. The van der Waals surface area contributed by atoms with Gasteiger partial charge in [-0.1, -0.05) is 6.07 Å². The van der Waals surface area contributed by atoms with Gasteiger partial charge in [0.05, 0.1) is 30.5 Å². The number of rotatable bonds is 7. The second-order valence-electron chi connectivity index (χ2n) is 7.92. The van der Waals surface area contributed by atoms with Crippen molar-refractivity contribution in [2.75, 3.05) is 13.2 Å². The lowest BCUT2D eigenvalue weighted by molar-refractivity contribution is 0.0631. The van der Waals surface area contributed by atoms with E-state index in [1.54, 1.807) is 18.2 Å². The molecule has 0 bridgehead atoms. The normalized spacial score (nSPS) is 14.4. The Balaban J connectivity index is 1.18. The number of imide groups is 1. The summed E-state index contributed by atoms with van der Waals surface area (Å²) < 4.78 is 11.0. The molecule has 0 spiro atoms. The van der Waals surface area contributed by atoms with Gasteiger partial charge in [-0.05, 0) is 72.9 Å². The molecule has 0 radical (unpaired) electrons. The number of carbonyl (C=O) groups is 3. The van der Waals surface area contributed by atoms with Crippen LogP contribution in [0.2, 0.25) is 0 Å². The van der Waals surface area contributed by atoms with Crippen LogP contribution in [-0.4, -0.2) is 35.8 Å². The predicted octanol–water partition coefficient (Wildman–Crippen LogP) is 3.37. The summed E-state index contributed by atoms with van der Waals surface area (Å²) in [5.41, 5.74) is 3.56. The summed E-state index contributed by atoms with van der Waals surface area (Å²) in [6, 6.07) is 14.1. The molecule has 0 saturated heterocycles. The number of aryl methyl sites for hydroxylation is 2. The SMILES string of the molecule is O=C(NCCOc1ccc2c(c1)CCC2)c1ccc2c(c1)C(=O)N(Cc1ccco1)C2=O. The number of fused-ring (bicyclic) bond motifs is 2. The van der Waals surface area contributed by atoms with Gasteiger partial charge in [-0.2, -0.15) is 0 Å². The Bertz CT molecular complexity index is 1200. The van der Waals surface area contributed by atoms with Crippen LogP contribution in [0, 0.1) is 0 Å². The summed E-state index contributed by atoms with van der Waals surface area (Å²) in [6.45, 7) is 0.717. The average Bonchev–Trinajstić information content (AvgIpc) is 3.54. The third-order valence-electron chi connectivity index (χ3n) is 5.85. The topological polar surface area (TPSA) is 88.8 Å². The van der Waals surface area contributed by atoms with Gasteiger partial charge in [0.1, 0.15) is 18.1 Å². The highest BCUT2D eigenvalue weighted by molar-refractivity contribution is 6.22. The number of hydrogen-bond acceptors (Lipinski definition) is 5. The molecule has 3 aromatic rings. The van der Waals surface area contributed by atoms with Crippen LogP contribution in [0.3, 0.4) is 0 Å². The Morgan fingerprint density at radius 1 is 1.00 bits per heavy atom. The van der Waals surface area contributed by atoms with Crippen LogP contribution in [-0.2, 0) is 19.4 Å². The van der Waals surface area contributed by atoms with Crippen molar-refractivity contribution in [3.8, 4) is 5.75 Å². The van der Waals surface area contributed by atoms with Gasteiger partial charge >= 0.3 is 0 Å². The van der Waals surface area contributed by atoms with E-state index in [9.17, 15) is 14.4 Å². The molecule has 1 N–H and O–H groups in total. The van der Waals surface area contributed by atoms with E-state index in [2.05, 4.69) is 17.4 Å².